The first-order valence-corrected chi connectivity index (χ1v) is 10.9. The standard InChI is InChI=1S/C20H33N3O5/c1-13-15-5-3-4-14-6-7-19(2)26-18(20(14,15)28-27-19)25-17(13)22-16(24)12-23-10-8-21-9-11-23/h13-15,17-18,21H,3-12H2,1-2H3,(H,22,24). The number of carbonyl (C=O) groups is 1. The summed E-state index contributed by atoms with van der Waals surface area (Å²) in [6, 6.07) is 0. The quantitative estimate of drug-likeness (QED) is 0.689. The lowest BCUT2D eigenvalue weighted by Crippen LogP contribution is -2.71. The smallest absolute Gasteiger partial charge is 0.236 e. The third kappa shape index (κ3) is 3.09. The highest BCUT2D eigenvalue weighted by Crippen LogP contribution is 2.58. The maximum absolute atomic E-state index is 12.7. The summed E-state index contributed by atoms with van der Waals surface area (Å²) in [6.07, 6.45) is 4.32. The maximum Gasteiger partial charge on any atom is 0.236 e. The van der Waals surface area contributed by atoms with E-state index in [2.05, 4.69) is 22.5 Å². The molecule has 1 amide bonds. The van der Waals surface area contributed by atoms with Crippen molar-refractivity contribution in [2.24, 2.45) is 17.8 Å². The highest BCUT2D eigenvalue weighted by atomic mass is 17.3. The van der Waals surface area contributed by atoms with Crippen molar-refractivity contribution in [1.29, 1.82) is 0 Å². The van der Waals surface area contributed by atoms with E-state index < -0.39 is 17.7 Å². The Morgan fingerprint density at radius 3 is 2.86 bits per heavy atom. The lowest BCUT2D eigenvalue weighted by Gasteiger charge is -2.59. The SMILES string of the molecule is CC1C(NC(=O)CN2CCNCC2)OC2OC3(C)CCC4CCCC1C42OO3. The molecule has 2 N–H and O–H groups in total. The summed E-state index contributed by atoms with van der Waals surface area (Å²) in [5.41, 5.74) is -0.548. The zero-order valence-electron chi connectivity index (χ0n) is 16.9. The summed E-state index contributed by atoms with van der Waals surface area (Å²) >= 11 is 0. The van der Waals surface area contributed by atoms with Crippen LogP contribution in [0.25, 0.3) is 0 Å². The van der Waals surface area contributed by atoms with Crippen LogP contribution in [0.5, 0.6) is 0 Å². The highest BCUT2D eigenvalue weighted by Gasteiger charge is 2.68. The number of piperazine rings is 1. The number of amides is 1. The van der Waals surface area contributed by atoms with Crippen LogP contribution >= 0.6 is 0 Å². The van der Waals surface area contributed by atoms with Crippen LogP contribution in [0.3, 0.4) is 0 Å². The molecule has 158 valence electrons. The largest absolute Gasteiger partial charge is 0.329 e. The van der Waals surface area contributed by atoms with Gasteiger partial charge in [-0.2, -0.15) is 0 Å². The van der Waals surface area contributed by atoms with Crippen molar-refractivity contribution in [3.63, 3.8) is 0 Å². The fourth-order valence-electron chi connectivity index (χ4n) is 6.00. The molecule has 0 radical (unpaired) electrons. The molecule has 8 heteroatoms. The van der Waals surface area contributed by atoms with Gasteiger partial charge in [-0.15, -0.1) is 0 Å². The molecule has 1 aliphatic carbocycles. The van der Waals surface area contributed by atoms with Crippen LogP contribution in [0.15, 0.2) is 0 Å². The number of nitrogens with zero attached hydrogens (tertiary/aromatic N) is 1. The van der Waals surface area contributed by atoms with Gasteiger partial charge in [0.25, 0.3) is 0 Å². The van der Waals surface area contributed by atoms with Crippen LogP contribution in [0.1, 0.15) is 46.0 Å². The number of hydrogen-bond acceptors (Lipinski definition) is 7. The molecule has 6 rings (SSSR count). The van der Waals surface area contributed by atoms with E-state index in [9.17, 15) is 4.79 Å². The van der Waals surface area contributed by atoms with Crippen LogP contribution in [-0.4, -0.2) is 67.4 Å². The summed E-state index contributed by atoms with van der Waals surface area (Å²) in [4.78, 5) is 26.8. The van der Waals surface area contributed by atoms with Crippen molar-refractivity contribution in [3.8, 4) is 0 Å². The molecular weight excluding hydrogens is 362 g/mol. The van der Waals surface area contributed by atoms with Crippen molar-refractivity contribution in [2.75, 3.05) is 32.7 Å². The summed E-state index contributed by atoms with van der Waals surface area (Å²) in [5.74, 6) is 0.0101. The third-order valence-electron chi connectivity index (χ3n) is 7.58. The molecule has 1 saturated carbocycles. The summed E-state index contributed by atoms with van der Waals surface area (Å²) in [5, 5.41) is 6.46. The van der Waals surface area contributed by atoms with Gasteiger partial charge in [0.15, 0.2) is 11.9 Å². The Labute approximate surface area is 166 Å². The zero-order chi connectivity index (χ0) is 19.4. The Balaban J connectivity index is 1.33. The lowest BCUT2D eigenvalue weighted by atomic mass is 9.61. The number of rotatable bonds is 3. The fraction of sp³-hybridized carbons (Fsp3) is 0.950. The van der Waals surface area contributed by atoms with E-state index in [-0.39, 0.29) is 24.0 Å². The van der Waals surface area contributed by atoms with Gasteiger partial charge in [-0.05, 0) is 32.1 Å². The van der Waals surface area contributed by atoms with E-state index in [1.165, 1.54) is 6.42 Å². The van der Waals surface area contributed by atoms with Crippen LogP contribution in [-0.2, 0) is 24.0 Å². The molecule has 1 spiro atoms. The third-order valence-corrected chi connectivity index (χ3v) is 7.58. The Hall–Kier alpha value is -0.770. The Kier molecular flexibility index (Phi) is 4.92. The Bertz CT molecular complexity index is 615. The second-order valence-corrected chi connectivity index (χ2v) is 9.39. The minimum Gasteiger partial charge on any atom is -0.329 e. The molecule has 6 aliphatic rings. The second-order valence-electron chi connectivity index (χ2n) is 9.39. The van der Waals surface area contributed by atoms with E-state index in [1.807, 2.05) is 6.92 Å². The predicted molar refractivity (Wildman–Crippen MR) is 99.7 cm³/mol. The molecule has 2 bridgehead atoms. The lowest BCUT2D eigenvalue weighted by molar-refractivity contribution is -0.570. The van der Waals surface area contributed by atoms with Gasteiger partial charge in [-0.3, -0.25) is 9.69 Å². The number of ether oxygens (including phenoxy) is 2. The topological polar surface area (TPSA) is 81.3 Å². The number of nitrogens with one attached hydrogen (secondary N) is 2. The summed E-state index contributed by atoms with van der Waals surface area (Å²) in [7, 11) is 0. The van der Waals surface area contributed by atoms with Crippen molar-refractivity contribution < 1.29 is 24.0 Å². The molecule has 6 fully saturated rings. The molecule has 0 aromatic rings. The van der Waals surface area contributed by atoms with E-state index in [4.69, 9.17) is 19.2 Å². The van der Waals surface area contributed by atoms with Gasteiger partial charge >= 0.3 is 0 Å². The minimum atomic E-state index is -0.770. The zero-order valence-corrected chi connectivity index (χ0v) is 16.9. The first kappa shape index (κ1) is 19.2. The average Bonchev–Trinajstić information content (AvgIpc) is 2.91. The predicted octanol–water partition coefficient (Wildman–Crippen LogP) is 0.970. The van der Waals surface area contributed by atoms with Gasteiger partial charge in [0.05, 0.1) is 6.54 Å². The van der Waals surface area contributed by atoms with E-state index in [0.717, 1.165) is 51.9 Å². The average molecular weight is 396 g/mol. The first-order chi connectivity index (χ1) is 13.5. The van der Waals surface area contributed by atoms with Crippen molar-refractivity contribution >= 4 is 5.91 Å². The Morgan fingerprint density at radius 2 is 2.04 bits per heavy atom. The molecule has 7 unspecified atom stereocenters. The fourth-order valence-corrected chi connectivity index (χ4v) is 6.00. The molecular formula is C20H33N3O5. The van der Waals surface area contributed by atoms with E-state index in [1.54, 1.807) is 0 Å². The van der Waals surface area contributed by atoms with E-state index in [0.29, 0.717) is 12.5 Å². The van der Waals surface area contributed by atoms with Crippen LogP contribution < -0.4 is 10.6 Å². The normalized spacial score (nSPS) is 48.6. The van der Waals surface area contributed by atoms with Crippen LogP contribution in [0, 0.1) is 17.8 Å². The number of fused-ring (bicyclic) bond motifs is 2. The van der Waals surface area contributed by atoms with Crippen LogP contribution in [0.4, 0.5) is 0 Å². The molecule has 5 saturated heterocycles. The second kappa shape index (κ2) is 7.18. The molecule has 28 heavy (non-hydrogen) atoms. The van der Waals surface area contributed by atoms with E-state index >= 15 is 0 Å². The monoisotopic (exact) mass is 395 g/mol. The molecule has 0 aromatic carbocycles. The van der Waals surface area contributed by atoms with Gasteiger partial charge in [-0.1, -0.05) is 13.3 Å². The van der Waals surface area contributed by atoms with Crippen LogP contribution in [0.2, 0.25) is 0 Å². The molecule has 5 heterocycles. The van der Waals surface area contributed by atoms with Gasteiger partial charge in [0, 0.05) is 44.4 Å². The molecule has 8 nitrogen and oxygen atoms in total. The molecule has 7 atom stereocenters. The highest BCUT2D eigenvalue weighted by molar-refractivity contribution is 5.78. The van der Waals surface area contributed by atoms with Gasteiger partial charge in [0.1, 0.15) is 6.23 Å². The minimum absolute atomic E-state index is 0.0178. The van der Waals surface area contributed by atoms with Gasteiger partial charge in [0.2, 0.25) is 11.7 Å². The van der Waals surface area contributed by atoms with Gasteiger partial charge < -0.3 is 20.1 Å². The first-order valence-electron chi connectivity index (χ1n) is 10.9. The maximum atomic E-state index is 12.7. The summed E-state index contributed by atoms with van der Waals surface area (Å²) < 4.78 is 12.7. The van der Waals surface area contributed by atoms with Crippen molar-refractivity contribution in [2.45, 2.75) is 69.9 Å². The summed E-state index contributed by atoms with van der Waals surface area (Å²) in [6.45, 7) is 8.16. The molecule has 5 aliphatic heterocycles. The van der Waals surface area contributed by atoms with Crippen molar-refractivity contribution in [3.05, 3.63) is 0 Å². The number of carbonyl (C=O) groups excluding carboxylic acids is 1. The van der Waals surface area contributed by atoms with Gasteiger partial charge in [-0.25, -0.2) is 9.78 Å². The molecule has 0 aromatic heterocycles. The van der Waals surface area contributed by atoms with Crippen molar-refractivity contribution in [1.82, 2.24) is 15.5 Å². The number of hydrogen-bond donors (Lipinski definition) is 2. The Morgan fingerprint density at radius 1 is 1.21 bits per heavy atom.